The minimum atomic E-state index is -1.87. The lowest BCUT2D eigenvalue weighted by atomic mass is 9.99. The van der Waals surface area contributed by atoms with Crippen molar-refractivity contribution in [3.8, 4) is 0 Å². The van der Waals surface area contributed by atoms with E-state index in [2.05, 4.69) is 41.0 Å². The van der Waals surface area contributed by atoms with Crippen LogP contribution in [-0.2, 0) is 23.1 Å². The third-order valence-corrected chi connectivity index (χ3v) is 13.0. The van der Waals surface area contributed by atoms with Crippen molar-refractivity contribution in [2.75, 3.05) is 26.7 Å². The summed E-state index contributed by atoms with van der Waals surface area (Å²) in [5.41, 5.74) is 1.10. The zero-order chi connectivity index (χ0) is 29.6. The molecule has 39 heavy (non-hydrogen) atoms. The van der Waals surface area contributed by atoms with E-state index in [1.807, 2.05) is 20.8 Å². The van der Waals surface area contributed by atoms with Gasteiger partial charge in [0, 0.05) is 32.7 Å². The topological polar surface area (TPSA) is 121 Å². The predicted octanol–water partition coefficient (Wildman–Crippen LogP) is 1.79. The molecule has 0 aromatic carbocycles. The Bertz CT molecular complexity index is 833. The Morgan fingerprint density at radius 3 is 2.18 bits per heavy atom. The number of carbonyl (C=O) groups excluding carboxylic acids is 3. The van der Waals surface area contributed by atoms with Crippen LogP contribution in [-0.4, -0.2) is 90.9 Å². The van der Waals surface area contributed by atoms with Gasteiger partial charge >= 0.3 is 12.1 Å². The van der Waals surface area contributed by atoms with Crippen molar-refractivity contribution < 1.29 is 27.9 Å². The first-order valence-electron chi connectivity index (χ1n) is 13.9. The highest BCUT2D eigenvalue weighted by Gasteiger charge is 2.34. The quantitative estimate of drug-likeness (QED) is 0.130. The van der Waals surface area contributed by atoms with Gasteiger partial charge in [-0.3, -0.25) is 9.69 Å². The van der Waals surface area contributed by atoms with Gasteiger partial charge in [0.1, 0.15) is 23.6 Å². The van der Waals surface area contributed by atoms with Crippen LogP contribution in [0.15, 0.2) is 11.3 Å². The first-order chi connectivity index (χ1) is 18.5. The lowest BCUT2D eigenvalue weighted by Gasteiger charge is -2.33. The predicted molar refractivity (Wildman–Crippen MR) is 168 cm³/mol. The maximum absolute atomic E-state index is 13.5. The summed E-state index contributed by atoms with van der Waals surface area (Å²) >= 11 is 0. The summed E-state index contributed by atoms with van der Waals surface area (Å²) < 4.78 is 17.0. The molecule has 16 heteroatoms. The summed E-state index contributed by atoms with van der Waals surface area (Å²) in [5, 5.41) is 2.90. The molecule has 0 spiro atoms. The Hall–Kier alpha value is -1.00. The largest absolute Gasteiger partial charge is 0.428 e. The van der Waals surface area contributed by atoms with Gasteiger partial charge in [-0.1, -0.05) is 34.6 Å². The Balaban J connectivity index is 3.13. The van der Waals surface area contributed by atoms with Gasteiger partial charge in [0.2, 0.25) is 5.91 Å². The zero-order valence-corrected chi connectivity index (χ0v) is 28.2. The first kappa shape index (κ1) is 36.0. The van der Waals surface area contributed by atoms with Crippen molar-refractivity contribution in [2.45, 2.75) is 84.7 Å². The molecule has 4 atom stereocenters. The lowest BCUT2D eigenvalue weighted by Crippen LogP contribution is -2.42. The SMILES string of the molecule is BNPOC(=O)N[C@H]1CCN(C/C(=C(\C(=O)OPNB)N(C)C(=O)C[C@@H](C)O[Si](CC)(CC)CC)C(C)C)C1. The Labute approximate surface area is 241 Å². The van der Waals surface area contributed by atoms with E-state index in [-0.39, 0.29) is 54.0 Å². The maximum Gasteiger partial charge on any atom is 0.411 e. The molecule has 0 aromatic heterocycles. The number of carbonyl (C=O) groups is 3. The van der Waals surface area contributed by atoms with E-state index in [4.69, 9.17) is 13.5 Å². The van der Waals surface area contributed by atoms with Crippen LogP contribution in [0.2, 0.25) is 18.1 Å². The molecule has 2 amide bonds. The molecule has 0 saturated carbocycles. The summed E-state index contributed by atoms with van der Waals surface area (Å²) in [4.78, 5) is 48.0. The molecule has 1 heterocycles. The van der Waals surface area contributed by atoms with Gasteiger partial charge in [-0.2, -0.15) is 0 Å². The molecule has 222 valence electrons. The fourth-order valence-corrected chi connectivity index (χ4v) is 8.25. The highest BCUT2D eigenvalue weighted by Crippen LogP contribution is 2.27. The Morgan fingerprint density at radius 1 is 1.05 bits per heavy atom. The van der Waals surface area contributed by atoms with Gasteiger partial charge in [-0.15, -0.1) is 0 Å². The van der Waals surface area contributed by atoms with Crippen LogP contribution in [0.4, 0.5) is 4.79 Å². The van der Waals surface area contributed by atoms with Crippen molar-refractivity contribution in [3.63, 3.8) is 0 Å². The number of amides is 2. The van der Waals surface area contributed by atoms with Gasteiger partial charge in [0.15, 0.2) is 24.3 Å². The average molecular weight is 603 g/mol. The molecule has 11 nitrogen and oxygen atoms in total. The van der Waals surface area contributed by atoms with Gasteiger partial charge in [0.05, 0.1) is 12.5 Å². The van der Waals surface area contributed by atoms with E-state index >= 15 is 0 Å². The molecule has 2 unspecified atom stereocenters. The minimum Gasteiger partial charge on any atom is -0.428 e. The van der Waals surface area contributed by atoms with E-state index in [0.717, 1.165) is 36.7 Å². The number of nitrogens with zero attached hydrogens (tertiary/aromatic N) is 2. The van der Waals surface area contributed by atoms with Crippen LogP contribution >= 0.6 is 17.9 Å². The summed E-state index contributed by atoms with van der Waals surface area (Å²) in [6, 6.07) is 2.97. The van der Waals surface area contributed by atoms with Gasteiger partial charge < -0.3 is 33.7 Å². The first-order valence-corrected chi connectivity index (χ1v) is 18.2. The monoisotopic (exact) mass is 603 g/mol. The molecule has 3 N–H and O–H groups in total. The molecular weight excluding hydrogens is 554 g/mol. The summed E-state index contributed by atoms with van der Waals surface area (Å²) in [6.45, 7) is 14.3. The molecule has 1 rings (SSSR count). The van der Waals surface area contributed by atoms with Gasteiger partial charge in [0.25, 0.3) is 0 Å². The number of hydrogen-bond acceptors (Lipinski definition) is 9. The van der Waals surface area contributed by atoms with Gasteiger partial charge in [-0.05, 0) is 43.0 Å². The Morgan fingerprint density at radius 2 is 1.64 bits per heavy atom. The van der Waals surface area contributed by atoms with E-state index in [1.54, 1.807) is 23.0 Å². The summed E-state index contributed by atoms with van der Waals surface area (Å²) in [7, 11) is 2.88. The van der Waals surface area contributed by atoms with Crippen molar-refractivity contribution in [3.05, 3.63) is 11.3 Å². The van der Waals surface area contributed by atoms with Crippen LogP contribution in [0.5, 0.6) is 0 Å². The number of rotatable bonds is 17. The molecule has 1 saturated heterocycles. The molecule has 1 aliphatic heterocycles. The van der Waals surface area contributed by atoms with Crippen molar-refractivity contribution in [1.29, 1.82) is 0 Å². The van der Waals surface area contributed by atoms with E-state index < -0.39 is 20.4 Å². The molecular formula is C23H49B2N5O6P2Si. The van der Waals surface area contributed by atoms with E-state index in [9.17, 15) is 14.4 Å². The summed E-state index contributed by atoms with van der Waals surface area (Å²) in [5.74, 6) is -0.718. The van der Waals surface area contributed by atoms with E-state index in [1.165, 1.54) is 4.90 Å². The second-order valence-corrected chi connectivity index (χ2v) is 16.7. The number of likely N-dealkylation sites (tertiary alicyclic amines) is 1. The van der Waals surface area contributed by atoms with Crippen LogP contribution in [0, 0.1) is 5.92 Å². The van der Waals surface area contributed by atoms with Crippen LogP contribution in [0.1, 0.15) is 54.4 Å². The zero-order valence-electron chi connectivity index (χ0n) is 25.2. The Kier molecular flexibility index (Phi) is 17.0. The van der Waals surface area contributed by atoms with E-state index in [0.29, 0.717) is 13.1 Å². The average Bonchev–Trinajstić information content (AvgIpc) is 3.35. The van der Waals surface area contributed by atoms with Crippen LogP contribution in [0.25, 0.3) is 0 Å². The fourth-order valence-electron chi connectivity index (χ4n) is 4.76. The molecule has 0 aliphatic carbocycles. The lowest BCUT2D eigenvalue weighted by molar-refractivity contribution is -0.137. The third-order valence-electron chi connectivity index (χ3n) is 7.23. The molecule has 1 aliphatic rings. The van der Waals surface area contributed by atoms with Crippen LogP contribution in [0.3, 0.4) is 0 Å². The standard InChI is InChI=1S/C23H49B2N5O6P2Si/c1-8-39(9-2,10-3)36-17(6)13-20(31)29(7)21(22(32)34-37-27-24)19(16(4)5)15-30-12-11-18(14-30)26-23(33)35-38-28-25/h16-18,27-28,37-38H,8-15,24-25H2,1-7H3,(H,26,33)/b21-19-/t17-,18+/m1/s1. The summed E-state index contributed by atoms with van der Waals surface area (Å²) in [6.07, 6.45) is 0.270. The highest BCUT2D eigenvalue weighted by atomic mass is 31.1. The third kappa shape index (κ3) is 11.8. The number of likely N-dealkylation sites (N-methyl/N-ethyl adjacent to an activating group) is 1. The van der Waals surface area contributed by atoms with Crippen molar-refractivity contribution >= 4 is 60.2 Å². The smallest absolute Gasteiger partial charge is 0.411 e. The second-order valence-electron chi connectivity index (χ2n) is 10.2. The minimum absolute atomic E-state index is 0.0106. The molecule has 1 fully saturated rings. The van der Waals surface area contributed by atoms with Gasteiger partial charge in [-0.25, -0.2) is 9.59 Å². The number of hydrogen-bond donors (Lipinski definition) is 3. The van der Waals surface area contributed by atoms with Crippen molar-refractivity contribution in [2.24, 2.45) is 5.92 Å². The van der Waals surface area contributed by atoms with Crippen LogP contribution < -0.4 is 15.3 Å². The molecule has 0 bridgehead atoms. The molecule has 0 radical (unpaired) electrons. The normalized spacial score (nSPS) is 18.1. The fraction of sp³-hybridized carbons (Fsp3) is 0.783. The molecule has 0 aromatic rings. The number of nitrogens with one attached hydrogen (secondary N) is 3. The van der Waals surface area contributed by atoms with Crippen molar-refractivity contribution in [1.82, 2.24) is 25.1 Å². The highest BCUT2D eigenvalue weighted by molar-refractivity contribution is 7.32. The second kappa shape index (κ2) is 18.4. The maximum atomic E-state index is 13.5.